The molecule has 0 saturated carbocycles. The first kappa shape index (κ1) is 19.4. The molecule has 2 aromatic rings. The molecule has 6 heteroatoms. The van der Waals surface area contributed by atoms with E-state index in [1.807, 2.05) is 31.2 Å². The summed E-state index contributed by atoms with van der Waals surface area (Å²) in [6.07, 6.45) is 0.121. The number of ether oxygens (including phenoxy) is 1. The van der Waals surface area contributed by atoms with Crippen molar-refractivity contribution in [1.29, 1.82) is 0 Å². The highest BCUT2D eigenvalue weighted by molar-refractivity contribution is 5.88. The zero-order chi connectivity index (χ0) is 19.3. The Morgan fingerprint density at radius 3 is 2.23 bits per heavy atom. The number of rotatable bonds is 7. The summed E-state index contributed by atoms with van der Waals surface area (Å²) < 4.78 is 18.2. The predicted molar refractivity (Wildman–Crippen MR) is 95.6 cm³/mol. The summed E-state index contributed by atoms with van der Waals surface area (Å²) in [4.78, 5) is 24.2. The molecule has 138 valence electrons. The van der Waals surface area contributed by atoms with Crippen molar-refractivity contribution in [3.05, 3.63) is 65.5 Å². The van der Waals surface area contributed by atoms with E-state index in [0.29, 0.717) is 5.56 Å². The zero-order valence-electron chi connectivity index (χ0n) is 15.0. The molecule has 0 spiro atoms. The predicted octanol–water partition coefficient (Wildman–Crippen LogP) is 3.44. The molecule has 0 aliphatic carbocycles. The average Bonchev–Trinajstić information content (AvgIpc) is 2.61. The second-order valence-corrected chi connectivity index (χ2v) is 6.36. The van der Waals surface area contributed by atoms with Crippen LogP contribution < -0.4 is 10.1 Å². The maximum Gasteiger partial charge on any atom is 0.333 e. The van der Waals surface area contributed by atoms with Crippen molar-refractivity contribution >= 4 is 11.9 Å². The Hall–Kier alpha value is -2.89. The van der Waals surface area contributed by atoms with Crippen molar-refractivity contribution < 1.29 is 23.8 Å². The number of carbonyl (C=O) groups excluding carboxylic acids is 1. The SMILES string of the molecule is COc1ccc(C(C)CC(=O)NC(C)(C(=O)O)c2ccc(F)cc2)cc1. The lowest BCUT2D eigenvalue weighted by Crippen LogP contribution is -2.49. The van der Waals surface area contributed by atoms with Crippen molar-refractivity contribution in [2.75, 3.05) is 7.11 Å². The monoisotopic (exact) mass is 359 g/mol. The maximum absolute atomic E-state index is 13.1. The fourth-order valence-corrected chi connectivity index (χ4v) is 2.69. The van der Waals surface area contributed by atoms with Crippen LogP contribution in [0.4, 0.5) is 4.39 Å². The quantitative estimate of drug-likeness (QED) is 0.794. The van der Waals surface area contributed by atoms with Crippen molar-refractivity contribution in [3.8, 4) is 5.75 Å². The lowest BCUT2D eigenvalue weighted by molar-refractivity contribution is -0.147. The average molecular weight is 359 g/mol. The third-order valence-corrected chi connectivity index (χ3v) is 4.42. The molecular formula is C20H22FNO4. The highest BCUT2D eigenvalue weighted by Gasteiger charge is 2.37. The van der Waals surface area contributed by atoms with Crippen molar-refractivity contribution in [3.63, 3.8) is 0 Å². The van der Waals surface area contributed by atoms with E-state index < -0.39 is 23.2 Å². The topological polar surface area (TPSA) is 75.6 Å². The molecule has 2 atom stereocenters. The Morgan fingerprint density at radius 2 is 1.73 bits per heavy atom. The van der Waals surface area contributed by atoms with E-state index in [0.717, 1.165) is 11.3 Å². The standard InChI is InChI=1S/C20H22FNO4/c1-13(14-4-10-17(26-3)11-5-14)12-18(23)22-20(2,19(24)25)15-6-8-16(21)9-7-15/h4-11,13H,12H2,1-3H3,(H,22,23)(H,24,25). The van der Waals surface area contributed by atoms with Crippen LogP contribution in [0.25, 0.3) is 0 Å². The lowest BCUT2D eigenvalue weighted by Gasteiger charge is -2.27. The highest BCUT2D eigenvalue weighted by Crippen LogP contribution is 2.25. The Balaban J connectivity index is 2.11. The number of carboxylic acid groups (broad SMARTS) is 1. The number of carboxylic acids is 1. The number of carbonyl (C=O) groups is 2. The van der Waals surface area contributed by atoms with Gasteiger partial charge in [0.15, 0.2) is 5.54 Å². The molecule has 26 heavy (non-hydrogen) atoms. The summed E-state index contributed by atoms with van der Waals surface area (Å²) in [5, 5.41) is 12.2. The van der Waals surface area contributed by atoms with E-state index in [9.17, 15) is 19.1 Å². The van der Waals surface area contributed by atoms with Gasteiger partial charge in [0, 0.05) is 6.42 Å². The van der Waals surface area contributed by atoms with Crippen LogP contribution in [0.1, 0.15) is 37.3 Å². The van der Waals surface area contributed by atoms with Gasteiger partial charge < -0.3 is 15.2 Å². The van der Waals surface area contributed by atoms with Gasteiger partial charge in [0.25, 0.3) is 0 Å². The molecule has 1 amide bonds. The van der Waals surface area contributed by atoms with Gasteiger partial charge in [-0.15, -0.1) is 0 Å². The van der Waals surface area contributed by atoms with Crippen LogP contribution in [0, 0.1) is 5.82 Å². The Labute approximate surface area is 151 Å². The molecule has 2 unspecified atom stereocenters. The van der Waals surface area contributed by atoms with Gasteiger partial charge in [-0.1, -0.05) is 31.2 Å². The Morgan fingerprint density at radius 1 is 1.15 bits per heavy atom. The summed E-state index contributed by atoms with van der Waals surface area (Å²) in [5.74, 6) is -1.47. The number of hydrogen-bond donors (Lipinski definition) is 2. The highest BCUT2D eigenvalue weighted by atomic mass is 19.1. The molecule has 0 heterocycles. The van der Waals surface area contributed by atoms with Crippen LogP contribution in [0.15, 0.2) is 48.5 Å². The number of aliphatic carboxylic acids is 1. The van der Waals surface area contributed by atoms with Gasteiger partial charge in [-0.05, 0) is 48.2 Å². The third-order valence-electron chi connectivity index (χ3n) is 4.42. The largest absolute Gasteiger partial charge is 0.497 e. The van der Waals surface area contributed by atoms with Crippen LogP contribution in [0.2, 0.25) is 0 Å². The summed E-state index contributed by atoms with van der Waals surface area (Å²) in [6, 6.07) is 12.4. The molecule has 0 bridgehead atoms. The van der Waals surface area contributed by atoms with Crippen molar-refractivity contribution in [1.82, 2.24) is 5.32 Å². The fourth-order valence-electron chi connectivity index (χ4n) is 2.69. The third kappa shape index (κ3) is 4.39. The molecule has 0 aliphatic rings. The van der Waals surface area contributed by atoms with Gasteiger partial charge in [0.2, 0.25) is 5.91 Å². The van der Waals surface area contributed by atoms with Crippen LogP contribution >= 0.6 is 0 Å². The van der Waals surface area contributed by atoms with Gasteiger partial charge in [0.05, 0.1) is 7.11 Å². The summed E-state index contributed by atoms with van der Waals surface area (Å²) in [6.45, 7) is 3.27. The lowest BCUT2D eigenvalue weighted by atomic mass is 9.90. The smallest absolute Gasteiger partial charge is 0.333 e. The number of nitrogens with one attached hydrogen (secondary N) is 1. The number of methoxy groups -OCH3 is 1. The number of halogens is 1. The van der Waals surface area contributed by atoms with Crippen molar-refractivity contribution in [2.24, 2.45) is 0 Å². The number of hydrogen-bond acceptors (Lipinski definition) is 3. The van der Waals surface area contributed by atoms with Gasteiger partial charge in [-0.3, -0.25) is 4.79 Å². The summed E-state index contributed by atoms with van der Waals surface area (Å²) >= 11 is 0. The maximum atomic E-state index is 13.1. The van der Waals surface area contributed by atoms with Gasteiger partial charge in [-0.2, -0.15) is 0 Å². The summed E-state index contributed by atoms with van der Waals surface area (Å²) in [7, 11) is 1.58. The fraction of sp³-hybridized carbons (Fsp3) is 0.300. The first-order chi connectivity index (χ1) is 12.3. The molecule has 0 aliphatic heterocycles. The van der Waals surface area contributed by atoms with E-state index in [1.54, 1.807) is 7.11 Å². The van der Waals surface area contributed by atoms with Gasteiger partial charge >= 0.3 is 5.97 Å². The normalized spacial score (nSPS) is 14.2. The van der Waals surface area contributed by atoms with Crippen LogP contribution in [-0.4, -0.2) is 24.1 Å². The van der Waals surface area contributed by atoms with Crippen LogP contribution in [0.3, 0.4) is 0 Å². The van der Waals surface area contributed by atoms with Crippen LogP contribution in [0.5, 0.6) is 5.75 Å². The molecular weight excluding hydrogens is 337 g/mol. The number of amides is 1. The van der Waals surface area contributed by atoms with E-state index in [1.165, 1.54) is 31.2 Å². The first-order valence-electron chi connectivity index (χ1n) is 8.20. The molecule has 2 aromatic carbocycles. The van der Waals surface area contributed by atoms with Crippen LogP contribution in [-0.2, 0) is 15.1 Å². The minimum Gasteiger partial charge on any atom is -0.497 e. The minimum atomic E-state index is -1.63. The van der Waals surface area contributed by atoms with Gasteiger partial charge in [-0.25, -0.2) is 9.18 Å². The Bertz CT molecular complexity index is 773. The molecule has 0 aromatic heterocycles. The molecule has 5 nitrogen and oxygen atoms in total. The second-order valence-electron chi connectivity index (χ2n) is 6.36. The molecule has 2 rings (SSSR count). The summed E-state index contributed by atoms with van der Waals surface area (Å²) in [5.41, 5.74) is -0.388. The van der Waals surface area contributed by atoms with E-state index in [4.69, 9.17) is 4.74 Å². The van der Waals surface area contributed by atoms with Crippen molar-refractivity contribution in [2.45, 2.75) is 31.7 Å². The molecule has 0 fully saturated rings. The molecule has 0 radical (unpaired) electrons. The van der Waals surface area contributed by atoms with E-state index >= 15 is 0 Å². The zero-order valence-corrected chi connectivity index (χ0v) is 15.0. The first-order valence-corrected chi connectivity index (χ1v) is 8.20. The minimum absolute atomic E-state index is 0.104. The van der Waals surface area contributed by atoms with E-state index in [2.05, 4.69) is 5.32 Å². The van der Waals surface area contributed by atoms with E-state index in [-0.39, 0.29) is 12.3 Å². The second kappa shape index (κ2) is 7.99. The molecule has 0 saturated heterocycles. The Kier molecular flexibility index (Phi) is 5.97. The molecule has 2 N–H and O–H groups in total. The van der Waals surface area contributed by atoms with Gasteiger partial charge in [0.1, 0.15) is 11.6 Å². The number of benzene rings is 2.